The highest BCUT2D eigenvalue weighted by Crippen LogP contribution is 2.13. The van der Waals surface area contributed by atoms with Crippen LogP contribution in [0.4, 0.5) is 5.69 Å². The van der Waals surface area contributed by atoms with Crippen LogP contribution in [0.3, 0.4) is 0 Å². The molecule has 0 fully saturated rings. The zero-order chi connectivity index (χ0) is 12.1. The van der Waals surface area contributed by atoms with Gasteiger partial charge in [-0.2, -0.15) is 0 Å². The van der Waals surface area contributed by atoms with Gasteiger partial charge in [-0.05, 0) is 30.5 Å². The molecule has 1 aromatic rings. The average Bonchev–Trinajstić information content (AvgIpc) is 2.26. The summed E-state index contributed by atoms with van der Waals surface area (Å²) in [6, 6.07) is 7.27. The van der Waals surface area contributed by atoms with Crippen LogP contribution in [-0.2, 0) is 11.2 Å². The first-order valence-corrected chi connectivity index (χ1v) is 5.25. The van der Waals surface area contributed by atoms with Gasteiger partial charge in [0.05, 0.1) is 0 Å². The van der Waals surface area contributed by atoms with Crippen LogP contribution in [0.15, 0.2) is 24.3 Å². The number of nitrogens with zero attached hydrogens (tertiary/aromatic N) is 1. The van der Waals surface area contributed by atoms with E-state index in [0.717, 1.165) is 11.3 Å². The molecule has 4 heteroatoms. The number of aryl methyl sites for hydroxylation is 1. The fourth-order valence-electron chi connectivity index (χ4n) is 1.41. The number of rotatable bonds is 5. The number of carboxylic acid groups (broad SMARTS) is 1. The Balaban J connectivity index is 2.52. The van der Waals surface area contributed by atoms with Crippen molar-refractivity contribution in [1.82, 2.24) is 0 Å². The number of benzene rings is 1. The summed E-state index contributed by atoms with van der Waals surface area (Å²) in [5.74, 6) is -0.940. The van der Waals surface area contributed by atoms with Crippen LogP contribution in [0.2, 0.25) is 0 Å². The molecule has 16 heavy (non-hydrogen) atoms. The van der Waals surface area contributed by atoms with Crippen molar-refractivity contribution in [1.29, 1.82) is 0 Å². The molecule has 0 spiro atoms. The van der Waals surface area contributed by atoms with Gasteiger partial charge in [-0.15, -0.1) is 0 Å². The third kappa shape index (κ3) is 3.55. The Morgan fingerprint density at radius 2 is 1.94 bits per heavy atom. The number of anilines is 1. The van der Waals surface area contributed by atoms with Crippen molar-refractivity contribution in [2.24, 2.45) is 5.73 Å². The van der Waals surface area contributed by atoms with E-state index in [1.54, 1.807) is 0 Å². The lowest BCUT2D eigenvalue weighted by atomic mass is 10.1. The van der Waals surface area contributed by atoms with Gasteiger partial charge >= 0.3 is 5.97 Å². The summed E-state index contributed by atoms with van der Waals surface area (Å²) in [4.78, 5) is 12.6. The summed E-state index contributed by atoms with van der Waals surface area (Å²) in [6.45, 7) is 0. The minimum atomic E-state index is -0.940. The summed E-state index contributed by atoms with van der Waals surface area (Å²) in [7, 11) is 3.96. The molecule has 0 aromatic heterocycles. The smallest absolute Gasteiger partial charge is 0.320 e. The van der Waals surface area contributed by atoms with Gasteiger partial charge in [0.25, 0.3) is 0 Å². The minimum Gasteiger partial charge on any atom is -0.480 e. The molecule has 0 bridgehead atoms. The van der Waals surface area contributed by atoms with Crippen molar-refractivity contribution >= 4 is 11.7 Å². The number of aliphatic carboxylic acids is 1. The Hall–Kier alpha value is -1.55. The van der Waals surface area contributed by atoms with Crippen LogP contribution < -0.4 is 10.6 Å². The molecule has 0 heterocycles. The van der Waals surface area contributed by atoms with E-state index in [-0.39, 0.29) is 0 Å². The van der Waals surface area contributed by atoms with Gasteiger partial charge in [0.1, 0.15) is 6.04 Å². The SMILES string of the molecule is CN(C)c1ccc(CCC(N)C(=O)O)cc1. The predicted octanol–water partition coefficient (Wildman–Crippen LogP) is 1.10. The Kier molecular flexibility index (Phi) is 4.31. The molecule has 1 aromatic carbocycles. The fourth-order valence-corrected chi connectivity index (χ4v) is 1.41. The lowest BCUT2D eigenvalue weighted by Gasteiger charge is -2.13. The Labute approximate surface area is 95.7 Å². The molecule has 3 N–H and O–H groups in total. The fraction of sp³-hybridized carbons (Fsp3) is 0.417. The van der Waals surface area contributed by atoms with Crippen LogP contribution in [0.25, 0.3) is 0 Å². The highest BCUT2D eigenvalue weighted by Gasteiger charge is 2.10. The maximum Gasteiger partial charge on any atom is 0.320 e. The van der Waals surface area contributed by atoms with Crippen LogP contribution in [0, 0.1) is 0 Å². The molecule has 1 rings (SSSR count). The lowest BCUT2D eigenvalue weighted by molar-refractivity contribution is -0.138. The van der Waals surface area contributed by atoms with Crippen molar-refractivity contribution in [3.63, 3.8) is 0 Å². The Morgan fingerprint density at radius 3 is 2.38 bits per heavy atom. The van der Waals surface area contributed by atoms with E-state index in [4.69, 9.17) is 10.8 Å². The van der Waals surface area contributed by atoms with Crippen LogP contribution in [-0.4, -0.2) is 31.2 Å². The second-order valence-corrected chi connectivity index (χ2v) is 4.04. The summed E-state index contributed by atoms with van der Waals surface area (Å²) in [6.07, 6.45) is 1.16. The maximum absolute atomic E-state index is 10.5. The van der Waals surface area contributed by atoms with E-state index < -0.39 is 12.0 Å². The Morgan fingerprint density at radius 1 is 1.38 bits per heavy atom. The predicted molar refractivity (Wildman–Crippen MR) is 64.7 cm³/mol. The van der Waals surface area contributed by atoms with Gasteiger partial charge in [-0.1, -0.05) is 12.1 Å². The molecule has 88 valence electrons. The van der Waals surface area contributed by atoms with E-state index in [1.165, 1.54) is 0 Å². The van der Waals surface area contributed by atoms with E-state index in [0.29, 0.717) is 12.8 Å². The normalized spacial score (nSPS) is 12.2. The molecule has 0 saturated carbocycles. The largest absolute Gasteiger partial charge is 0.480 e. The van der Waals surface area contributed by atoms with Gasteiger partial charge in [-0.25, -0.2) is 0 Å². The van der Waals surface area contributed by atoms with Crippen LogP contribution in [0.5, 0.6) is 0 Å². The first-order chi connectivity index (χ1) is 7.50. The van der Waals surface area contributed by atoms with E-state index >= 15 is 0 Å². The van der Waals surface area contributed by atoms with Gasteiger partial charge < -0.3 is 15.7 Å². The zero-order valence-corrected chi connectivity index (χ0v) is 9.68. The summed E-state index contributed by atoms with van der Waals surface area (Å²) >= 11 is 0. The molecule has 0 aliphatic heterocycles. The van der Waals surface area contributed by atoms with Crippen molar-refractivity contribution in [3.05, 3.63) is 29.8 Å². The lowest BCUT2D eigenvalue weighted by Crippen LogP contribution is -2.30. The third-order valence-corrected chi connectivity index (χ3v) is 2.51. The number of carboxylic acids is 1. The molecule has 1 unspecified atom stereocenters. The first-order valence-electron chi connectivity index (χ1n) is 5.25. The Bertz CT molecular complexity index is 347. The van der Waals surface area contributed by atoms with Crippen LogP contribution in [0.1, 0.15) is 12.0 Å². The highest BCUT2D eigenvalue weighted by atomic mass is 16.4. The first kappa shape index (κ1) is 12.5. The molecular formula is C12H18N2O2. The van der Waals surface area contributed by atoms with Gasteiger partial charge in [0.2, 0.25) is 0 Å². The van der Waals surface area contributed by atoms with E-state index in [1.807, 2.05) is 43.3 Å². The summed E-state index contributed by atoms with van der Waals surface area (Å²) < 4.78 is 0. The number of hydrogen-bond acceptors (Lipinski definition) is 3. The summed E-state index contributed by atoms with van der Waals surface area (Å²) in [5.41, 5.74) is 7.68. The molecule has 0 saturated heterocycles. The molecule has 0 aliphatic carbocycles. The van der Waals surface area contributed by atoms with Crippen molar-refractivity contribution in [2.75, 3.05) is 19.0 Å². The van der Waals surface area contributed by atoms with Gasteiger partial charge in [-0.3, -0.25) is 4.79 Å². The monoisotopic (exact) mass is 222 g/mol. The van der Waals surface area contributed by atoms with Crippen molar-refractivity contribution < 1.29 is 9.90 Å². The minimum absolute atomic E-state index is 0.469. The third-order valence-electron chi connectivity index (χ3n) is 2.51. The maximum atomic E-state index is 10.5. The quantitative estimate of drug-likeness (QED) is 0.783. The highest BCUT2D eigenvalue weighted by molar-refractivity contribution is 5.73. The number of nitrogens with two attached hydrogens (primary N) is 1. The summed E-state index contributed by atoms with van der Waals surface area (Å²) in [5, 5.41) is 8.65. The second-order valence-electron chi connectivity index (χ2n) is 4.04. The van der Waals surface area contributed by atoms with E-state index in [2.05, 4.69) is 0 Å². The van der Waals surface area contributed by atoms with Gasteiger partial charge in [0, 0.05) is 19.8 Å². The van der Waals surface area contributed by atoms with Crippen LogP contribution >= 0.6 is 0 Å². The van der Waals surface area contributed by atoms with Crippen molar-refractivity contribution in [3.8, 4) is 0 Å². The second kappa shape index (κ2) is 5.51. The molecule has 1 atom stereocenters. The molecule has 4 nitrogen and oxygen atoms in total. The number of hydrogen-bond donors (Lipinski definition) is 2. The topological polar surface area (TPSA) is 66.6 Å². The molecule has 0 aliphatic rings. The zero-order valence-electron chi connectivity index (χ0n) is 9.68. The molecular weight excluding hydrogens is 204 g/mol. The molecule has 0 radical (unpaired) electrons. The van der Waals surface area contributed by atoms with E-state index in [9.17, 15) is 4.79 Å². The number of carbonyl (C=O) groups is 1. The van der Waals surface area contributed by atoms with Gasteiger partial charge in [0.15, 0.2) is 0 Å². The standard InChI is InChI=1S/C12H18N2O2/c1-14(2)10-6-3-9(4-7-10)5-8-11(13)12(15)16/h3-4,6-7,11H,5,8,13H2,1-2H3,(H,15,16). The van der Waals surface area contributed by atoms with Crippen molar-refractivity contribution in [2.45, 2.75) is 18.9 Å². The molecule has 0 amide bonds. The average molecular weight is 222 g/mol.